The second-order valence-corrected chi connectivity index (χ2v) is 7.47. The van der Waals surface area contributed by atoms with Crippen molar-refractivity contribution in [2.75, 3.05) is 18.0 Å². The maximum atomic E-state index is 12.7. The summed E-state index contributed by atoms with van der Waals surface area (Å²) in [5.74, 6) is 0.447. The van der Waals surface area contributed by atoms with Crippen LogP contribution < -0.4 is 10.5 Å². The van der Waals surface area contributed by atoms with Gasteiger partial charge < -0.3 is 9.47 Å². The van der Waals surface area contributed by atoms with Crippen LogP contribution in [0.1, 0.15) is 29.9 Å². The minimum atomic E-state index is -0.233. The molecule has 27 heavy (non-hydrogen) atoms. The van der Waals surface area contributed by atoms with Crippen molar-refractivity contribution in [3.05, 3.63) is 75.0 Å². The average Bonchev–Trinajstić information content (AvgIpc) is 2.70. The van der Waals surface area contributed by atoms with E-state index in [2.05, 4.69) is 17.0 Å². The zero-order valence-corrected chi connectivity index (χ0v) is 15.9. The molecule has 0 radical (unpaired) electrons. The maximum absolute atomic E-state index is 12.7. The van der Waals surface area contributed by atoms with E-state index in [1.54, 1.807) is 11.6 Å². The van der Waals surface area contributed by atoms with E-state index in [1.165, 1.54) is 5.56 Å². The lowest BCUT2D eigenvalue weighted by Crippen LogP contribution is -2.35. The third kappa shape index (κ3) is 3.09. The van der Waals surface area contributed by atoms with Crippen LogP contribution in [0.3, 0.4) is 0 Å². The largest absolute Gasteiger partial charge is 0.370 e. The molecule has 0 spiro atoms. The van der Waals surface area contributed by atoms with Crippen LogP contribution in [-0.2, 0) is 7.05 Å². The first kappa shape index (κ1) is 17.6. The van der Waals surface area contributed by atoms with E-state index in [-0.39, 0.29) is 11.1 Å². The summed E-state index contributed by atoms with van der Waals surface area (Å²) in [4.78, 5) is 14.9. The molecule has 1 saturated heterocycles. The molecule has 2 aromatic carbocycles. The first-order valence-electron chi connectivity index (χ1n) is 9.12. The van der Waals surface area contributed by atoms with Crippen LogP contribution in [0.5, 0.6) is 0 Å². The smallest absolute Gasteiger partial charge is 0.270 e. The molecule has 0 saturated carbocycles. The molecule has 0 N–H and O–H groups in total. The number of para-hydroxylation sites is 1. The number of aromatic nitrogens is 1. The van der Waals surface area contributed by atoms with Gasteiger partial charge in [-0.25, -0.2) is 0 Å². The number of rotatable bonds is 2. The van der Waals surface area contributed by atoms with E-state index in [0.29, 0.717) is 5.92 Å². The van der Waals surface area contributed by atoms with Gasteiger partial charge in [-0.2, -0.15) is 5.26 Å². The highest BCUT2D eigenvalue weighted by Gasteiger charge is 2.25. The van der Waals surface area contributed by atoms with Crippen LogP contribution in [0.2, 0.25) is 5.02 Å². The Labute approximate surface area is 163 Å². The van der Waals surface area contributed by atoms with Crippen molar-refractivity contribution in [1.29, 1.82) is 5.26 Å². The summed E-state index contributed by atoms with van der Waals surface area (Å²) in [5, 5.41) is 11.4. The molecule has 0 unspecified atom stereocenters. The number of hydrogen-bond donors (Lipinski definition) is 0. The number of fused-ring (bicyclic) bond motifs is 1. The molecule has 136 valence electrons. The summed E-state index contributed by atoms with van der Waals surface area (Å²) in [6.07, 6.45) is 1.93. The molecule has 4 nitrogen and oxygen atoms in total. The number of aryl methyl sites for hydroxylation is 1. The molecule has 1 aromatic heterocycles. The Bertz CT molecular complexity index is 1100. The third-order valence-corrected chi connectivity index (χ3v) is 5.75. The number of benzene rings is 2. The number of nitrogens with zero attached hydrogens (tertiary/aromatic N) is 3. The van der Waals surface area contributed by atoms with Crippen molar-refractivity contribution < 1.29 is 0 Å². The van der Waals surface area contributed by atoms with Crippen molar-refractivity contribution in [1.82, 2.24) is 4.57 Å². The van der Waals surface area contributed by atoms with E-state index in [4.69, 9.17) is 11.6 Å². The lowest BCUT2D eigenvalue weighted by molar-refractivity contribution is 0.506. The second-order valence-electron chi connectivity index (χ2n) is 7.03. The van der Waals surface area contributed by atoms with Gasteiger partial charge in [0.15, 0.2) is 0 Å². The van der Waals surface area contributed by atoms with E-state index < -0.39 is 0 Å². The molecular weight excluding hydrogens is 358 g/mol. The van der Waals surface area contributed by atoms with Gasteiger partial charge in [-0.3, -0.25) is 4.79 Å². The van der Waals surface area contributed by atoms with Gasteiger partial charge in [0.05, 0.1) is 11.2 Å². The van der Waals surface area contributed by atoms with Crippen molar-refractivity contribution in [3.8, 4) is 6.07 Å². The highest BCUT2D eigenvalue weighted by molar-refractivity contribution is 6.30. The van der Waals surface area contributed by atoms with E-state index in [1.807, 2.05) is 42.5 Å². The third-order valence-electron chi connectivity index (χ3n) is 5.52. The normalized spacial score (nSPS) is 15.1. The fraction of sp³-hybridized carbons (Fsp3) is 0.273. The zero-order valence-electron chi connectivity index (χ0n) is 15.2. The van der Waals surface area contributed by atoms with E-state index in [9.17, 15) is 10.1 Å². The number of piperidine rings is 1. The fourth-order valence-electron chi connectivity index (χ4n) is 4.11. The van der Waals surface area contributed by atoms with Gasteiger partial charge in [0.25, 0.3) is 5.56 Å². The monoisotopic (exact) mass is 377 g/mol. The standard InChI is InChI=1S/C22H20ClN3O/c1-25-20-8-3-2-7-18(20)21(19(14-24)22(25)27)26-11-9-15(10-12-26)16-5-4-6-17(23)13-16/h2-8,13,15H,9-12H2,1H3. The number of pyridine rings is 1. The number of halogens is 1. The Kier molecular flexibility index (Phi) is 4.63. The first-order chi connectivity index (χ1) is 13.1. The molecule has 0 aliphatic carbocycles. The van der Waals surface area contributed by atoms with E-state index >= 15 is 0 Å². The van der Waals surface area contributed by atoms with Crippen molar-refractivity contribution in [2.24, 2.45) is 7.05 Å². The number of hydrogen-bond acceptors (Lipinski definition) is 3. The summed E-state index contributed by atoms with van der Waals surface area (Å²) in [6.45, 7) is 1.62. The molecule has 4 rings (SSSR count). The molecule has 2 heterocycles. The molecule has 5 heteroatoms. The molecular formula is C22H20ClN3O. The number of nitriles is 1. The Hall–Kier alpha value is -2.77. The van der Waals surface area contributed by atoms with Crippen LogP contribution >= 0.6 is 11.6 Å². The van der Waals surface area contributed by atoms with Gasteiger partial charge >= 0.3 is 0 Å². The van der Waals surface area contributed by atoms with Crippen molar-refractivity contribution in [2.45, 2.75) is 18.8 Å². The summed E-state index contributed by atoms with van der Waals surface area (Å²) < 4.78 is 1.57. The summed E-state index contributed by atoms with van der Waals surface area (Å²) in [6, 6.07) is 18.0. The maximum Gasteiger partial charge on any atom is 0.270 e. The Balaban J connectivity index is 1.71. The topological polar surface area (TPSA) is 49.0 Å². The summed E-state index contributed by atoms with van der Waals surface area (Å²) >= 11 is 6.14. The first-order valence-corrected chi connectivity index (χ1v) is 9.50. The molecule has 1 fully saturated rings. The molecule has 0 atom stereocenters. The Morgan fingerprint density at radius 2 is 1.85 bits per heavy atom. The minimum Gasteiger partial charge on any atom is -0.370 e. The van der Waals surface area contributed by atoms with Gasteiger partial charge in [0.2, 0.25) is 0 Å². The predicted octanol–water partition coefficient (Wildman–Crippen LogP) is 4.45. The van der Waals surface area contributed by atoms with Gasteiger partial charge in [-0.05, 0) is 42.5 Å². The summed E-state index contributed by atoms with van der Waals surface area (Å²) in [7, 11) is 1.72. The SMILES string of the molecule is Cn1c(=O)c(C#N)c(N2CCC(c3cccc(Cl)c3)CC2)c2ccccc21. The van der Waals surface area contributed by atoms with Crippen molar-refractivity contribution >= 4 is 28.2 Å². The average molecular weight is 378 g/mol. The molecule has 1 aliphatic rings. The van der Waals surface area contributed by atoms with Crippen LogP contribution in [0, 0.1) is 11.3 Å². The minimum absolute atomic E-state index is 0.233. The number of anilines is 1. The lowest BCUT2D eigenvalue weighted by atomic mass is 9.89. The quantitative estimate of drug-likeness (QED) is 0.663. The van der Waals surface area contributed by atoms with Crippen LogP contribution in [-0.4, -0.2) is 17.7 Å². The van der Waals surface area contributed by atoms with Gasteiger partial charge in [0.1, 0.15) is 11.6 Å². The molecule has 3 aromatic rings. The van der Waals surface area contributed by atoms with Crippen molar-refractivity contribution in [3.63, 3.8) is 0 Å². The van der Waals surface area contributed by atoms with Gasteiger partial charge in [-0.15, -0.1) is 0 Å². The Morgan fingerprint density at radius 3 is 2.56 bits per heavy atom. The predicted molar refractivity (Wildman–Crippen MR) is 110 cm³/mol. The zero-order chi connectivity index (χ0) is 19.0. The van der Waals surface area contributed by atoms with Gasteiger partial charge in [0, 0.05) is 30.5 Å². The van der Waals surface area contributed by atoms with Crippen LogP contribution in [0.4, 0.5) is 5.69 Å². The molecule has 1 aliphatic heterocycles. The van der Waals surface area contributed by atoms with Crippen LogP contribution in [0.25, 0.3) is 10.9 Å². The second kappa shape index (κ2) is 7.09. The van der Waals surface area contributed by atoms with Crippen LogP contribution in [0.15, 0.2) is 53.3 Å². The molecule has 0 bridgehead atoms. The van der Waals surface area contributed by atoms with Gasteiger partial charge in [-0.1, -0.05) is 41.9 Å². The lowest BCUT2D eigenvalue weighted by Gasteiger charge is -2.35. The Morgan fingerprint density at radius 1 is 1.11 bits per heavy atom. The highest BCUT2D eigenvalue weighted by Crippen LogP contribution is 2.35. The highest BCUT2D eigenvalue weighted by atomic mass is 35.5. The fourth-order valence-corrected chi connectivity index (χ4v) is 4.30. The van der Waals surface area contributed by atoms with E-state index in [0.717, 1.165) is 47.5 Å². The summed E-state index contributed by atoms with van der Waals surface area (Å²) in [5.41, 5.74) is 2.89. The molecule has 0 amide bonds.